The zero-order chi connectivity index (χ0) is 22.8. The van der Waals surface area contributed by atoms with E-state index < -0.39 is 23.2 Å². The van der Waals surface area contributed by atoms with Crippen molar-refractivity contribution in [1.82, 2.24) is 19.4 Å². The molecule has 0 fully saturated rings. The zero-order valence-corrected chi connectivity index (χ0v) is 18.5. The van der Waals surface area contributed by atoms with E-state index in [2.05, 4.69) is 10.3 Å². The second-order valence-corrected chi connectivity index (χ2v) is 8.00. The molecule has 0 radical (unpaired) electrons. The number of amides is 1. The molecule has 4 rings (SSSR count). The number of halogens is 2. The van der Waals surface area contributed by atoms with Gasteiger partial charge in [-0.2, -0.15) is 0 Å². The van der Waals surface area contributed by atoms with Gasteiger partial charge in [0.25, 0.3) is 5.56 Å². The van der Waals surface area contributed by atoms with Crippen molar-refractivity contribution in [1.29, 1.82) is 0 Å². The zero-order valence-electron chi connectivity index (χ0n) is 17.0. The van der Waals surface area contributed by atoms with Crippen molar-refractivity contribution in [2.24, 2.45) is 0 Å². The van der Waals surface area contributed by atoms with E-state index in [1.54, 1.807) is 55.7 Å². The number of hydrogen-bond acceptors (Lipinski definition) is 4. The number of aromatic nitrogens is 3. The van der Waals surface area contributed by atoms with E-state index in [0.29, 0.717) is 5.02 Å². The van der Waals surface area contributed by atoms with Crippen molar-refractivity contribution >= 4 is 40.0 Å². The number of nitrogens with zero attached hydrogens (tertiary/aromatic N) is 3. The Kier molecular flexibility index (Phi) is 6.12. The number of rotatable bonds is 5. The van der Waals surface area contributed by atoms with Crippen molar-refractivity contribution < 1.29 is 4.79 Å². The van der Waals surface area contributed by atoms with Crippen LogP contribution in [0.5, 0.6) is 0 Å². The Labute approximate surface area is 192 Å². The fourth-order valence-electron chi connectivity index (χ4n) is 3.48. The first-order valence-electron chi connectivity index (χ1n) is 9.77. The van der Waals surface area contributed by atoms with Crippen LogP contribution in [0.15, 0.2) is 76.6 Å². The van der Waals surface area contributed by atoms with E-state index in [1.165, 1.54) is 16.7 Å². The van der Waals surface area contributed by atoms with Gasteiger partial charge in [-0.25, -0.2) is 9.36 Å². The number of benzene rings is 2. The van der Waals surface area contributed by atoms with Crippen LogP contribution in [0.25, 0.3) is 16.6 Å². The molecule has 4 aromatic rings. The van der Waals surface area contributed by atoms with Gasteiger partial charge in [-0.15, -0.1) is 0 Å². The molecule has 2 aromatic carbocycles. The highest BCUT2D eigenvalue weighted by molar-refractivity contribution is 6.32. The Morgan fingerprint density at radius 3 is 2.59 bits per heavy atom. The Morgan fingerprint density at radius 1 is 1.09 bits per heavy atom. The van der Waals surface area contributed by atoms with E-state index in [0.717, 1.165) is 10.1 Å². The molecule has 2 aromatic heterocycles. The maximum atomic E-state index is 13.5. The van der Waals surface area contributed by atoms with E-state index in [1.807, 2.05) is 6.07 Å². The third-order valence-corrected chi connectivity index (χ3v) is 5.65. The van der Waals surface area contributed by atoms with Gasteiger partial charge in [-0.05, 0) is 48.9 Å². The van der Waals surface area contributed by atoms with E-state index >= 15 is 0 Å². The molecular formula is C23H18Cl2N4O3. The predicted octanol–water partition coefficient (Wildman–Crippen LogP) is 3.73. The molecule has 2 heterocycles. The highest BCUT2D eigenvalue weighted by Crippen LogP contribution is 2.22. The van der Waals surface area contributed by atoms with Crippen molar-refractivity contribution in [3.8, 4) is 5.69 Å². The summed E-state index contributed by atoms with van der Waals surface area (Å²) >= 11 is 12.4. The number of carbonyl (C=O) groups is 1. The fourth-order valence-corrected chi connectivity index (χ4v) is 3.87. The largest absolute Gasteiger partial charge is 0.350 e. The SMILES string of the molecule is CC(C(=O)NCc1cccnc1)n1c(=O)n(-c2ccccc2Cl)c(=O)c2ccc(Cl)cc21. The minimum atomic E-state index is -0.936. The number of nitrogens with one attached hydrogen (secondary N) is 1. The number of hydrogen-bond donors (Lipinski definition) is 1. The highest BCUT2D eigenvalue weighted by atomic mass is 35.5. The summed E-state index contributed by atoms with van der Waals surface area (Å²) in [6, 6.07) is 13.8. The van der Waals surface area contributed by atoms with Gasteiger partial charge >= 0.3 is 5.69 Å². The minimum Gasteiger partial charge on any atom is -0.350 e. The van der Waals surface area contributed by atoms with Gasteiger partial charge in [-0.3, -0.25) is 19.1 Å². The summed E-state index contributed by atoms with van der Waals surface area (Å²) in [5, 5.41) is 3.61. The molecule has 1 amide bonds. The van der Waals surface area contributed by atoms with E-state index in [4.69, 9.17) is 23.2 Å². The van der Waals surface area contributed by atoms with Crippen LogP contribution in [0.1, 0.15) is 18.5 Å². The second kappa shape index (κ2) is 8.98. The molecule has 1 unspecified atom stereocenters. The van der Waals surface area contributed by atoms with Crippen LogP contribution in [0.2, 0.25) is 10.0 Å². The quantitative estimate of drug-likeness (QED) is 0.483. The fraction of sp³-hybridized carbons (Fsp3) is 0.130. The van der Waals surface area contributed by atoms with Crippen LogP contribution < -0.4 is 16.6 Å². The van der Waals surface area contributed by atoms with Crippen LogP contribution in [-0.2, 0) is 11.3 Å². The van der Waals surface area contributed by atoms with E-state index in [9.17, 15) is 14.4 Å². The van der Waals surface area contributed by atoms with Gasteiger partial charge < -0.3 is 5.32 Å². The van der Waals surface area contributed by atoms with Gasteiger partial charge in [0.05, 0.1) is 21.6 Å². The molecule has 0 saturated heterocycles. The lowest BCUT2D eigenvalue weighted by Gasteiger charge is -2.20. The van der Waals surface area contributed by atoms with Crippen molar-refractivity contribution in [2.45, 2.75) is 19.5 Å². The van der Waals surface area contributed by atoms with Gasteiger partial charge in [-0.1, -0.05) is 41.4 Å². The molecule has 0 aliphatic carbocycles. The first-order chi connectivity index (χ1) is 15.4. The molecule has 0 spiro atoms. The van der Waals surface area contributed by atoms with Crippen LogP contribution in [0.4, 0.5) is 0 Å². The lowest BCUT2D eigenvalue weighted by atomic mass is 10.2. The summed E-state index contributed by atoms with van der Waals surface area (Å²) in [5.41, 5.74) is 0.0720. The molecule has 1 N–H and O–H groups in total. The van der Waals surface area contributed by atoms with Crippen LogP contribution >= 0.6 is 23.2 Å². The predicted molar refractivity (Wildman–Crippen MR) is 125 cm³/mol. The Hall–Kier alpha value is -3.42. The molecule has 0 bridgehead atoms. The standard InChI is InChI=1S/C23H18Cl2N4O3/c1-14(21(30)27-13-15-5-4-10-26-12-15)28-20-11-16(24)8-9-17(20)22(31)29(23(28)32)19-7-3-2-6-18(19)25/h2-12,14H,13H2,1H3,(H,27,30). The smallest absolute Gasteiger partial charge is 0.336 e. The topological polar surface area (TPSA) is 86.0 Å². The normalized spacial score (nSPS) is 12.0. The van der Waals surface area contributed by atoms with Crippen molar-refractivity contribution in [3.05, 3.63) is 103 Å². The van der Waals surface area contributed by atoms with E-state index in [-0.39, 0.29) is 28.2 Å². The summed E-state index contributed by atoms with van der Waals surface area (Å²) < 4.78 is 2.23. The lowest BCUT2D eigenvalue weighted by Crippen LogP contribution is -2.43. The summed E-state index contributed by atoms with van der Waals surface area (Å²) in [4.78, 5) is 43.7. The van der Waals surface area contributed by atoms with Gasteiger partial charge in [0.2, 0.25) is 5.91 Å². The monoisotopic (exact) mass is 468 g/mol. The molecule has 0 aliphatic heterocycles. The number of para-hydroxylation sites is 1. The van der Waals surface area contributed by atoms with Crippen LogP contribution in [0, 0.1) is 0 Å². The lowest BCUT2D eigenvalue weighted by molar-refractivity contribution is -0.124. The Morgan fingerprint density at radius 2 is 1.88 bits per heavy atom. The average Bonchev–Trinajstić information content (AvgIpc) is 2.79. The molecule has 32 heavy (non-hydrogen) atoms. The van der Waals surface area contributed by atoms with Gasteiger partial charge in [0.1, 0.15) is 6.04 Å². The minimum absolute atomic E-state index is 0.234. The number of fused-ring (bicyclic) bond motifs is 1. The maximum absolute atomic E-state index is 13.5. The van der Waals surface area contributed by atoms with Crippen molar-refractivity contribution in [2.75, 3.05) is 0 Å². The maximum Gasteiger partial charge on any atom is 0.336 e. The number of pyridine rings is 1. The summed E-state index contributed by atoms with van der Waals surface area (Å²) in [6.45, 7) is 1.83. The molecule has 7 nitrogen and oxygen atoms in total. The molecule has 9 heteroatoms. The summed E-state index contributed by atoms with van der Waals surface area (Å²) in [5.74, 6) is -0.401. The summed E-state index contributed by atoms with van der Waals surface area (Å²) in [7, 11) is 0. The molecular weight excluding hydrogens is 451 g/mol. The molecule has 162 valence electrons. The average molecular weight is 469 g/mol. The first-order valence-corrected chi connectivity index (χ1v) is 10.5. The third kappa shape index (κ3) is 4.04. The molecule has 1 atom stereocenters. The van der Waals surface area contributed by atoms with Crippen molar-refractivity contribution in [3.63, 3.8) is 0 Å². The number of carbonyl (C=O) groups excluding carboxylic acids is 1. The van der Waals surface area contributed by atoms with Gasteiger partial charge in [0, 0.05) is 24.0 Å². The summed E-state index contributed by atoms with van der Waals surface area (Å²) in [6.07, 6.45) is 3.28. The van der Waals surface area contributed by atoms with Gasteiger partial charge in [0.15, 0.2) is 0 Å². The third-order valence-electron chi connectivity index (χ3n) is 5.10. The second-order valence-electron chi connectivity index (χ2n) is 7.16. The van der Waals surface area contributed by atoms with Crippen LogP contribution in [-0.4, -0.2) is 20.0 Å². The molecule has 0 aliphatic rings. The Balaban J connectivity index is 1.87. The Bertz CT molecular complexity index is 1430. The highest BCUT2D eigenvalue weighted by Gasteiger charge is 2.23. The first kappa shape index (κ1) is 21.8. The van der Waals surface area contributed by atoms with Crippen LogP contribution in [0.3, 0.4) is 0 Å². The molecule has 0 saturated carbocycles.